The quantitative estimate of drug-likeness (QED) is 0.244. The van der Waals surface area contributed by atoms with Gasteiger partial charge in [0.05, 0.1) is 21.5 Å². The summed E-state index contributed by atoms with van der Waals surface area (Å²) in [6.45, 7) is 0. The molecular weight excluding hydrogens is 440 g/mol. The molecule has 156 valence electrons. The second-order valence-corrected chi connectivity index (χ2v) is 8.64. The van der Waals surface area contributed by atoms with E-state index < -0.39 is 4.92 Å². The Kier molecular flexibility index (Phi) is 4.91. The van der Waals surface area contributed by atoms with E-state index in [4.69, 9.17) is 16.0 Å². The SMILES string of the molecule is O=c1c2c3c(sc2ncn1N=Cc1ccc(-c2ccc([N+](=O)[O-])cc2Cl)o1)CCCC3. The van der Waals surface area contributed by atoms with Crippen molar-refractivity contribution in [2.45, 2.75) is 25.7 Å². The lowest BCUT2D eigenvalue weighted by atomic mass is 9.97. The highest BCUT2D eigenvalue weighted by molar-refractivity contribution is 7.18. The summed E-state index contributed by atoms with van der Waals surface area (Å²) in [6, 6.07) is 7.53. The first-order chi connectivity index (χ1) is 15.0. The Morgan fingerprint density at radius 3 is 2.90 bits per heavy atom. The molecule has 3 heterocycles. The molecule has 31 heavy (non-hydrogen) atoms. The van der Waals surface area contributed by atoms with E-state index in [9.17, 15) is 14.9 Å². The molecule has 5 rings (SSSR count). The third-order valence-corrected chi connectivity index (χ3v) is 6.74. The zero-order valence-electron chi connectivity index (χ0n) is 16.1. The van der Waals surface area contributed by atoms with Gasteiger partial charge in [0.1, 0.15) is 22.7 Å². The highest BCUT2D eigenvalue weighted by atomic mass is 35.5. The second kappa shape index (κ2) is 7.75. The second-order valence-electron chi connectivity index (χ2n) is 7.15. The summed E-state index contributed by atoms with van der Waals surface area (Å²) in [5, 5.41) is 16.0. The van der Waals surface area contributed by atoms with Crippen LogP contribution in [-0.2, 0) is 12.8 Å². The maximum Gasteiger partial charge on any atom is 0.282 e. The lowest BCUT2D eigenvalue weighted by Crippen LogP contribution is -2.17. The van der Waals surface area contributed by atoms with E-state index in [0.717, 1.165) is 36.1 Å². The van der Waals surface area contributed by atoms with Crippen LogP contribution in [0.15, 0.2) is 51.0 Å². The van der Waals surface area contributed by atoms with Crippen molar-refractivity contribution < 1.29 is 9.34 Å². The normalized spacial score (nSPS) is 13.7. The first-order valence-corrected chi connectivity index (χ1v) is 10.8. The summed E-state index contributed by atoms with van der Waals surface area (Å²) < 4.78 is 6.95. The van der Waals surface area contributed by atoms with Crippen molar-refractivity contribution in [3.8, 4) is 11.3 Å². The van der Waals surface area contributed by atoms with Crippen molar-refractivity contribution in [3.05, 3.63) is 78.4 Å². The minimum Gasteiger partial charge on any atom is -0.455 e. The molecule has 1 aliphatic carbocycles. The van der Waals surface area contributed by atoms with Gasteiger partial charge in [-0.2, -0.15) is 9.78 Å². The zero-order valence-corrected chi connectivity index (χ0v) is 17.7. The van der Waals surface area contributed by atoms with Gasteiger partial charge in [0, 0.05) is 22.6 Å². The highest BCUT2D eigenvalue weighted by Gasteiger charge is 2.20. The standard InChI is InChI=1S/C21H15ClN4O4S/c22-16-9-12(26(28)29)5-7-14(16)17-8-6-13(30-17)10-24-25-11-23-20-19(21(25)27)15-3-1-2-4-18(15)31-20/h5-11H,1-4H2. The largest absolute Gasteiger partial charge is 0.455 e. The Bertz CT molecular complexity index is 1420. The molecule has 1 aromatic carbocycles. The zero-order chi connectivity index (χ0) is 21.5. The fraction of sp³-hybridized carbons (Fsp3) is 0.190. The average molecular weight is 455 g/mol. The number of aromatic nitrogens is 2. The van der Waals surface area contributed by atoms with Gasteiger partial charge in [0.2, 0.25) is 0 Å². The fourth-order valence-corrected chi connectivity index (χ4v) is 5.21. The van der Waals surface area contributed by atoms with Gasteiger partial charge in [-0.15, -0.1) is 11.3 Å². The first-order valence-electron chi connectivity index (χ1n) is 9.61. The molecule has 0 radical (unpaired) electrons. The van der Waals surface area contributed by atoms with Crippen LogP contribution in [0.2, 0.25) is 5.02 Å². The molecule has 8 nitrogen and oxygen atoms in total. The van der Waals surface area contributed by atoms with Crippen LogP contribution in [-0.4, -0.2) is 20.8 Å². The molecule has 10 heteroatoms. The van der Waals surface area contributed by atoms with E-state index in [1.807, 2.05) is 0 Å². The molecule has 4 aromatic rings. The number of thiophene rings is 1. The number of furan rings is 1. The molecule has 0 fully saturated rings. The van der Waals surface area contributed by atoms with Crippen LogP contribution < -0.4 is 5.56 Å². The van der Waals surface area contributed by atoms with Gasteiger partial charge < -0.3 is 4.42 Å². The molecule has 1 aliphatic rings. The van der Waals surface area contributed by atoms with Gasteiger partial charge in [0.25, 0.3) is 11.2 Å². The molecule has 0 saturated carbocycles. The van der Waals surface area contributed by atoms with Gasteiger partial charge in [-0.1, -0.05) is 11.6 Å². The average Bonchev–Trinajstić information content (AvgIpc) is 3.38. The minimum atomic E-state index is -0.511. The smallest absolute Gasteiger partial charge is 0.282 e. The first kappa shape index (κ1) is 19.7. The fourth-order valence-electron chi connectivity index (χ4n) is 3.72. The predicted molar refractivity (Wildman–Crippen MR) is 119 cm³/mol. The maximum absolute atomic E-state index is 13.0. The van der Waals surface area contributed by atoms with Crippen LogP contribution in [0.5, 0.6) is 0 Å². The number of rotatable bonds is 4. The molecular formula is C21H15ClN4O4S. The van der Waals surface area contributed by atoms with Crippen LogP contribution in [0.4, 0.5) is 5.69 Å². The maximum atomic E-state index is 13.0. The number of hydrogen-bond acceptors (Lipinski definition) is 7. The highest BCUT2D eigenvalue weighted by Crippen LogP contribution is 2.34. The van der Waals surface area contributed by atoms with Crippen molar-refractivity contribution in [3.63, 3.8) is 0 Å². The number of fused-ring (bicyclic) bond motifs is 3. The summed E-state index contributed by atoms with van der Waals surface area (Å²) in [4.78, 5) is 29.7. The number of hydrogen-bond donors (Lipinski definition) is 0. The predicted octanol–water partition coefficient (Wildman–Crippen LogP) is 5.04. The Hall–Kier alpha value is -3.30. The third kappa shape index (κ3) is 3.55. The molecule has 0 aliphatic heterocycles. The number of nitro groups is 1. The molecule has 0 amide bonds. The Balaban J connectivity index is 1.45. The van der Waals surface area contributed by atoms with Crippen LogP contribution in [0.1, 0.15) is 29.0 Å². The summed E-state index contributed by atoms with van der Waals surface area (Å²) in [5.74, 6) is 0.845. The number of benzene rings is 1. The molecule has 0 atom stereocenters. The lowest BCUT2D eigenvalue weighted by Gasteiger charge is -2.09. The van der Waals surface area contributed by atoms with Gasteiger partial charge in [-0.3, -0.25) is 14.9 Å². The Morgan fingerprint density at radius 1 is 1.26 bits per heavy atom. The van der Waals surface area contributed by atoms with Gasteiger partial charge in [-0.25, -0.2) is 4.98 Å². The van der Waals surface area contributed by atoms with E-state index in [-0.39, 0.29) is 16.3 Å². The number of non-ortho nitro benzene ring substituents is 1. The topological polar surface area (TPSA) is 104 Å². The van der Waals surface area contributed by atoms with E-state index >= 15 is 0 Å². The molecule has 0 bridgehead atoms. The van der Waals surface area contributed by atoms with E-state index in [1.54, 1.807) is 23.5 Å². The Labute approximate surface area is 184 Å². The number of aryl methyl sites for hydroxylation is 2. The number of halogens is 1. The number of nitro benzene ring substituents is 1. The van der Waals surface area contributed by atoms with Crippen molar-refractivity contribution in [1.82, 2.24) is 9.66 Å². The van der Waals surface area contributed by atoms with Crippen molar-refractivity contribution in [2.24, 2.45) is 5.10 Å². The van der Waals surface area contributed by atoms with Crippen LogP contribution in [0.25, 0.3) is 21.5 Å². The molecule has 0 unspecified atom stereocenters. The van der Waals surface area contributed by atoms with Crippen LogP contribution in [0, 0.1) is 10.1 Å². The molecule has 0 spiro atoms. The summed E-state index contributed by atoms with van der Waals surface area (Å²) in [5.41, 5.74) is 1.35. The van der Waals surface area contributed by atoms with Crippen molar-refractivity contribution in [2.75, 3.05) is 0 Å². The van der Waals surface area contributed by atoms with E-state index in [2.05, 4.69) is 10.1 Å². The summed E-state index contributed by atoms with van der Waals surface area (Å²) in [7, 11) is 0. The van der Waals surface area contributed by atoms with E-state index in [0.29, 0.717) is 22.5 Å². The molecule has 3 aromatic heterocycles. The van der Waals surface area contributed by atoms with E-state index in [1.165, 1.54) is 40.3 Å². The van der Waals surface area contributed by atoms with Gasteiger partial charge in [0.15, 0.2) is 0 Å². The Morgan fingerprint density at radius 2 is 2.10 bits per heavy atom. The minimum absolute atomic E-state index is 0.0972. The van der Waals surface area contributed by atoms with Crippen LogP contribution in [0.3, 0.4) is 0 Å². The molecule has 0 saturated heterocycles. The van der Waals surface area contributed by atoms with Gasteiger partial charge >= 0.3 is 0 Å². The van der Waals surface area contributed by atoms with Gasteiger partial charge in [-0.05, 0) is 49.4 Å². The third-order valence-electron chi connectivity index (χ3n) is 5.22. The number of nitrogens with zero attached hydrogens (tertiary/aromatic N) is 4. The summed E-state index contributed by atoms with van der Waals surface area (Å²) in [6.07, 6.45) is 6.97. The molecule has 0 N–H and O–H groups in total. The lowest BCUT2D eigenvalue weighted by molar-refractivity contribution is -0.384. The van der Waals surface area contributed by atoms with Crippen molar-refractivity contribution in [1.29, 1.82) is 0 Å². The van der Waals surface area contributed by atoms with Crippen molar-refractivity contribution >= 4 is 45.1 Å². The van der Waals surface area contributed by atoms with Crippen LogP contribution >= 0.6 is 22.9 Å². The summed E-state index contributed by atoms with van der Waals surface area (Å²) >= 11 is 7.76. The monoisotopic (exact) mass is 454 g/mol.